The van der Waals surface area contributed by atoms with Crippen molar-refractivity contribution in [3.63, 3.8) is 0 Å². The number of aliphatic carboxylic acids is 1. The number of benzene rings is 1. The zero-order chi connectivity index (χ0) is 23.2. The van der Waals surface area contributed by atoms with Crippen LogP contribution in [-0.4, -0.2) is 62.6 Å². The SMILES string of the molecule is O=C([O-])C[C@@H]1CCN(C(=O)Cc2cccs2)C[C@@H]1CC[NH+]1CCN(c2ccc(F)cc2)CC1. The number of thiophene rings is 1. The molecule has 2 atom stereocenters. The van der Waals surface area contributed by atoms with Crippen molar-refractivity contribution in [1.29, 1.82) is 0 Å². The van der Waals surface area contributed by atoms with Crippen LogP contribution in [0.15, 0.2) is 41.8 Å². The number of likely N-dealkylation sites (tertiary alicyclic amines) is 1. The summed E-state index contributed by atoms with van der Waals surface area (Å²) < 4.78 is 13.2. The Morgan fingerprint density at radius 2 is 1.85 bits per heavy atom. The summed E-state index contributed by atoms with van der Waals surface area (Å²) in [4.78, 5) is 30.9. The van der Waals surface area contributed by atoms with Gasteiger partial charge in [-0.3, -0.25) is 4.79 Å². The van der Waals surface area contributed by atoms with Gasteiger partial charge in [-0.25, -0.2) is 4.39 Å². The zero-order valence-electron chi connectivity index (χ0n) is 18.9. The molecule has 1 amide bonds. The lowest BCUT2D eigenvalue weighted by Gasteiger charge is -2.40. The number of carbonyl (C=O) groups excluding carboxylic acids is 2. The number of anilines is 1. The molecule has 2 aliphatic rings. The van der Waals surface area contributed by atoms with Gasteiger partial charge >= 0.3 is 0 Å². The topological polar surface area (TPSA) is 68.1 Å². The molecule has 0 radical (unpaired) electrons. The molecule has 6 nitrogen and oxygen atoms in total. The standard InChI is InChI=1S/C25H32FN3O3S/c26-21-3-5-22(6-4-21)28-13-11-27(12-14-28)9-7-20-18-29(10-8-19(20)16-25(31)32)24(30)17-23-2-1-15-33-23/h1-6,15,19-20H,7-14,16-18H2,(H,31,32)/t19-,20-/m0/s1. The number of rotatable bonds is 8. The van der Waals surface area contributed by atoms with Crippen molar-refractivity contribution < 1.29 is 24.0 Å². The molecular formula is C25H32FN3O3S. The minimum Gasteiger partial charge on any atom is -0.550 e. The van der Waals surface area contributed by atoms with Gasteiger partial charge in [-0.2, -0.15) is 0 Å². The molecule has 4 rings (SSSR count). The Labute approximate surface area is 198 Å². The van der Waals surface area contributed by atoms with Crippen molar-refractivity contribution >= 4 is 28.9 Å². The lowest BCUT2D eigenvalue weighted by atomic mass is 9.81. The third kappa shape index (κ3) is 6.54. The van der Waals surface area contributed by atoms with Crippen LogP contribution < -0.4 is 14.9 Å². The lowest BCUT2D eigenvalue weighted by molar-refractivity contribution is -0.901. The van der Waals surface area contributed by atoms with Crippen molar-refractivity contribution in [2.24, 2.45) is 11.8 Å². The van der Waals surface area contributed by atoms with Gasteiger partial charge in [-0.05, 0) is 60.4 Å². The van der Waals surface area contributed by atoms with Gasteiger partial charge in [0.25, 0.3) is 0 Å². The summed E-state index contributed by atoms with van der Waals surface area (Å²) in [7, 11) is 0. The predicted octanol–water partition coefficient (Wildman–Crippen LogP) is 0.830. The number of nitrogens with zero attached hydrogens (tertiary/aromatic N) is 2. The maximum Gasteiger partial charge on any atom is 0.227 e. The summed E-state index contributed by atoms with van der Waals surface area (Å²) in [6.45, 7) is 6.06. The number of hydrogen-bond donors (Lipinski definition) is 1. The summed E-state index contributed by atoms with van der Waals surface area (Å²) in [6, 6.07) is 10.6. The van der Waals surface area contributed by atoms with Crippen molar-refractivity contribution in [3.05, 3.63) is 52.5 Å². The van der Waals surface area contributed by atoms with E-state index < -0.39 is 5.97 Å². The molecule has 8 heteroatoms. The summed E-state index contributed by atoms with van der Waals surface area (Å²) in [5, 5.41) is 13.3. The van der Waals surface area contributed by atoms with E-state index in [9.17, 15) is 19.1 Å². The van der Waals surface area contributed by atoms with E-state index in [1.807, 2.05) is 34.5 Å². The van der Waals surface area contributed by atoms with E-state index in [0.29, 0.717) is 19.5 Å². The third-order valence-corrected chi connectivity index (χ3v) is 7.99. The van der Waals surface area contributed by atoms with Gasteiger partial charge in [-0.1, -0.05) is 6.07 Å². The van der Waals surface area contributed by atoms with Gasteiger partial charge in [-0.15, -0.1) is 11.3 Å². The highest BCUT2D eigenvalue weighted by Gasteiger charge is 2.32. The number of quaternary nitrogens is 1. The van der Waals surface area contributed by atoms with E-state index >= 15 is 0 Å². The van der Waals surface area contributed by atoms with E-state index in [2.05, 4.69) is 4.90 Å². The van der Waals surface area contributed by atoms with E-state index in [1.54, 1.807) is 11.3 Å². The van der Waals surface area contributed by atoms with Gasteiger partial charge in [0.15, 0.2) is 0 Å². The number of halogens is 1. The second-order valence-electron chi connectivity index (χ2n) is 9.23. The molecule has 33 heavy (non-hydrogen) atoms. The molecule has 0 spiro atoms. The fourth-order valence-electron chi connectivity index (χ4n) is 5.16. The van der Waals surface area contributed by atoms with Crippen LogP contribution in [0.3, 0.4) is 0 Å². The number of carboxylic acid groups (broad SMARTS) is 1. The number of nitrogens with one attached hydrogen (secondary N) is 1. The maximum absolute atomic E-state index is 13.2. The summed E-state index contributed by atoms with van der Waals surface area (Å²) in [5.74, 6) is -0.824. The first kappa shape index (κ1) is 23.7. The van der Waals surface area contributed by atoms with Crippen LogP contribution in [-0.2, 0) is 16.0 Å². The van der Waals surface area contributed by atoms with Crippen molar-refractivity contribution in [2.45, 2.75) is 25.7 Å². The van der Waals surface area contributed by atoms with E-state index in [1.165, 1.54) is 17.0 Å². The summed E-state index contributed by atoms with van der Waals surface area (Å²) >= 11 is 1.59. The van der Waals surface area contributed by atoms with E-state index in [0.717, 1.165) is 56.1 Å². The van der Waals surface area contributed by atoms with E-state index in [4.69, 9.17) is 0 Å². The van der Waals surface area contributed by atoms with Gasteiger partial charge in [0, 0.05) is 36.0 Å². The molecule has 2 aliphatic heterocycles. The molecule has 0 saturated carbocycles. The number of piperazine rings is 1. The predicted molar refractivity (Wildman–Crippen MR) is 125 cm³/mol. The molecule has 2 fully saturated rings. The van der Waals surface area contributed by atoms with Crippen molar-refractivity contribution in [1.82, 2.24) is 4.90 Å². The van der Waals surface area contributed by atoms with Crippen LogP contribution >= 0.6 is 11.3 Å². The molecule has 3 heterocycles. The Kier molecular flexibility index (Phi) is 7.98. The fourth-order valence-corrected chi connectivity index (χ4v) is 5.86. The Bertz CT molecular complexity index is 913. The molecule has 1 aromatic carbocycles. The van der Waals surface area contributed by atoms with Crippen molar-refractivity contribution in [3.8, 4) is 0 Å². The van der Waals surface area contributed by atoms with Crippen LogP contribution in [0.5, 0.6) is 0 Å². The second kappa shape index (κ2) is 11.1. The normalized spacial score (nSPS) is 21.8. The van der Waals surface area contributed by atoms with Gasteiger partial charge in [0.1, 0.15) is 5.82 Å². The monoisotopic (exact) mass is 473 g/mol. The molecule has 1 aromatic heterocycles. The van der Waals surface area contributed by atoms with Gasteiger partial charge in [0.2, 0.25) is 5.91 Å². The molecule has 0 aliphatic carbocycles. The second-order valence-corrected chi connectivity index (χ2v) is 10.3. The largest absolute Gasteiger partial charge is 0.550 e. The lowest BCUT2D eigenvalue weighted by Crippen LogP contribution is -3.15. The highest BCUT2D eigenvalue weighted by molar-refractivity contribution is 7.10. The quantitative estimate of drug-likeness (QED) is 0.617. The first-order chi connectivity index (χ1) is 16.0. The highest BCUT2D eigenvalue weighted by Crippen LogP contribution is 2.29. The zero-order valence-corrected chi connectivity index (χ0v) is 19.7. The number of hydrogen-bond acceptors (Lipinski definition) is 5. The molecule has 2 aromatic rings. The Morgan fingerprint density at radius 3 is 2.52 bits per heavy atom. The summed E-state index contributed by atoms with van der Waals surface area (Å²) in [5.41, 5.74) is 1.05. The first-order valence-electron chi connectivity index (χ1n) is 11.8. The number of piperidine rings is 1. The average Bonchev–Trinajstić information content (AvgIpc) is 3.32. The Hall–Kier alpha value is -2.45. The van der Waals surface area contributed by atoms with Crippen molar-refractivity contribution in [2.75, 3.05) is 50.7 Å². The van der Waals surface area contributed by atoms with Gasteiger partial charge < -0.3 is 24.6 Å². The maximum atomic E-state index is 13.2. The Morgan fingerprint density at radius 1 is 1.09 bits per heavy atom. The minimum absolute atomic E-state index is 0.0701. The van der Waals surface area contributed by atoms with Gasteiger partial charge in [0.05, 0.1) is 39.1 Å². The molecule has 1 N–H and O–H groups in total. The number of amides is 1. The molecule has 0 bridgehead atoms. The van der Waals surface area contributed by atoms with Crippen LogP contribution in [0.25, 0.3) is 0 Å². The molecule has 0 unspecified atom stereocenters. The molecular weight excluding hydrogens is 441 g/mol. The minimum atomic E-state index is -0.997. The summed E-state index contributed by atoms with van der Waals surface area (Å²) in [6.07, 6.45) is 2.13. The number of carboxylic acids is 1. The molecule has 178 valence electrons. The van der Waals surface area contributed by atoms with Crippen LogP contribution in [0, 0.1) is 17.7 Å². The van der Waals surface area contributed by atoms with Crippen LogP contribution in [0.4, 0.5) is 10.1 Å². The highest BCUT2D eigenvalue weighted by atomic mass is 32.1. The van der Waals surface area contributed by atoms with Crippen LogP contribution in [0.2, 0.25) is 0 Å². The van der Waals surface area contributed by atoms with Crippen LogP contribution in [0.1, 0.15) is 24.1 Å². The Balaban J connectivity index is 1.29. The third-order valence-electron chi connectivity index (χ3n) is 7.11. The molecule has 2 saturated heterocycles. The first-order valence-corrected chi connectivity index (χ1v) is 12.7. The average molecular weight is 474 g/mol. The number of carbonyl (C=O) groups is 2. The fraction of sp³-hybridized carbons (Fsp3) is 0.520. The smallest absolute Gasteiger partial charge is 0.227 e. The van der Waals surface area contributed by atoms with E-state index in [-0.39, 0.29) is 30.0 Å².